The Hall–Kier alpha value is 0.150. The zero-order chi connectivity index (χ0) is 14.6. The summed E-state index contributed by atoms with van der Waals surface area (Å²) in [6.07, 6.45) is 10.6. The normalized spacial score (nSPS) is 16.2. The number of rotatable bonds is 13. The summed E-state index contributed by atoms with van der Waals surface area (Å²) in [4.78, 5) is 9.90. The van der Waals surface area contributed by atoms with Crippen LogP contribution in [0.15, 0.2) is 0 Å². The van der Waals surface area contributed by atoms with Crippen molar-refractivity contribution in [2.24, 2.45) is 0 Å². The molecule has 2 unspecified atom stereocenters. The van der Waals surface area contributed by atoms with Crippen molar-refractivity contribution in [2.75, 3.05) is 6.16 Å². The maximum atomic E-state index is 12.0. The van der Waals surface area contributed by atoms with Crippen LogP contribution in [0, 0.1) is 0 Å². The third-order valence-corrected chi connectivity index (χ3v) is 4.88. The molecule has 0 saturated carbocycles. The summed E-state index contributed by atoms with van der Waals surface area (Å²) >= 11 is 0. The highest BCUT2D eigenvalue weighted by atomic mass is 31.2. The van der Waals surface area contributed by atoms with Crippen molar-refractivity contribution in [1.82, 2.24) is 0 Å². The van der Waals surface area contributed by atoms with Crippen molar-refractivity contribution in [3.05, 3.63) is 0 Å². The SMILES string of the molecule is CCCCCC(CCCC)OP(=O)(O)CCCCC. The van der Waals surface area contributed by atoms with Gasteiger partial charge in [0.1, 0.15) is 0 Å². The van der Waals surface area contributed by atoms with E-state index in [0.717, 1.165) is 51.4 Å². The molecular formula is C15H33O3P. The summed E-state index contributed by atoms with van der Waals surface area (Å²) in [5.41, 5.74) is 0. The van der Waals surface area contributed by atoms with E-state index in [4.69, 9.17) is 4.52 Å². The first kappa shape index (κ1) is 19.1. The van der Waals surface area contributed by atoms with E-state index in [2.05, 4.69) is 20.8 Å². The lowest BCUT2D eigenvalue weighted by molar-refractivity contribution is 0.150. The van der Waals surface area contributed by atoms with Crippen LogP contribution in [0.5, 0.6) is 0 Å². The van der Waals surface area contributed by atoms with Crippen molar-refractivity contribution in [3.8, 4) is 0 Å². The molecule has 0 heterocycles. The van der Waals surface area contributed by atoms with Gasteiger partial charge in [0.05, 0.1) is 6.10 Å². The molecule has 4 heteroatoms. The fourth-order valence-electron chi connectivity index (χ4n) is 2.15. The minimum atomic E-state index is -3.37. The van der Waals surface area contributed by atoms with E-state index >= 15 is 0 Å². The first-order valence-electron chi connectivity index (χ1n) is 8.05. The third kappa shape index (κ3) is 11.7. The molecule has 116 valence electrons. The molecule has 0 aromatic heterocycles. The van der Waals surface area contributed by atoms with Gasteiger partial charge in [0.25, 0.3) is 0 Å². The fraction of sp³-hybridized carbons (Fsp3) is 1.00. The summed E-state index contributed by atoms with van der Waals surface area (Å²) in [5.74, 6) is 0. The van der Waals surface area contributed by atoms with E-state index < -0.39 is 7.60 Å². The van der Waals surface area contributed by atoms with Crippen LogP contribution in [0.4, 0.5) is 0 Å². The zero-order valence-electron chi connectivity index (χ0n) is 13.1. The van der Waals surface area contributed by atoms with Crippen molar-refractivity contribution in [2.45, 2.75) is 91.1 Å². The predicted molar refractivity (Wildman–Crippen MR) is 82.8 cm³/mol. The van der Waals surface area contributed by atoms with E-state index in [0.29, 0.717) is 6.16 Å². The van der Waals surface area contributed by atoms with E-state index in [1.807, 2.05) is 0 Å². The number of hydrogen-bond donors (Lipinski definition) is 1. The lowest BCUT2D eigenvalue weighted by Gasteiger charge is -2.21. The Morgan fingerprint density at radius 3 is 2.00 bits per heavy atom. The molecule has 0 spiro atoms. The first-order chi connectivity index (χ1) is 9.05. The molecule has 19 heavy (non-hydrogen) atoms. The minimum Gasteiger partial charge on any atom is -0.324 e. The first-order valence-corrected chi connectivity index (χ1v) is 9.82. The van der Waals surface area contributed by atoms with Crippen molar-refractivity contribution < 1.29 is 14.0 Å². The average molecular weight is 292 g/mol. The van der Waals surface area contributed by atoms with E-state index in [-0.39, 0.29) is 6.10 Å². The molecule has 0 saturated heterocycles. The molecule has 0 fully saturated rings. The second kappa shape index (κ2) is 11.9. The van der Waals surface area contributed by atoms with Gasteiger partial charge in [-0.15, -0.1) is 0 Å². The average Bonchev–Trinajstić information content (AvgIpc) is 2.36. The maximum Gasteiger partial charge on any atom is 0.328 e. The molecular weight excluding hydrogens is 259 g/mol. The molecule has 0 rings (SSSR count). The van der Waals surface area contributed by atoms with Gasteiger partial charge in [-0.25, -0.2) is 0 Å². The summed E-state index contributed by atoms with van der Waals surface area (Å²) in [5, 5.41) is 0. The van der Waals surface area contributed by atoms with Crippen molar-refractivity contribution >= 4 is 7.60 Å². The quantitative estimate of drug-likeness (QED) is 0.359. The molecule has 0 bridgehead atoms. The molecule has 1 N–H and O–H groups in total. The Balaban J connectivity index is 4.14. The Kier molecular flexibility index (Phi) is 12.0. The molecule has 0 aromatic carbocycles. The lowest BCUT2D eigenvalue weighted by Crippen LogP contribution is -2.12. The fourth-order valence-corrected chi connectivity index (χ4v) is 3.56. The monoisotopic (exact) mass is 292 g/mol. The third-order valence-electron chi connectivity index (χ3n) is 3.37. The molecule has 3 nitrogen and oxygen atoms in total. The van der Waals surface area contributed by atoms with E-state index in [1.165, 1.54) is 12.8 Å². The second-order valence-corrected chi connectivity index (χ2v) is 7.37. The lowest BCUT2D eigenvalue weighted by atomic mass is 10.1. The van der Waals surface area contributed by atoms with Crippen LogP contribution in [0.25, 0.3) is 0 Å². The van der Waals surface area contributed by atoms with Crippen LogP contribution < -0.4 is 0 Å². The predicted octanol–water partition coefficient (Wildman–Crippen LogP) is 5.52. The van der Waals surface area contributed by atoms with Crippen LogP contribution in [-0.4, -0.2) is 17.2 Å². The molecule has 2 atom stereocenters. The Morgan fingerprint density at radius 1 is 0.895 bits per heavy atom. The summed E-state index contributed by atoms with van der Waals surface area (Å²) < 4.78 is 17.6. The molecule has 0 aromatic rings. The Labute approximate surface area is 119 Å². The largest absolute Gasteiger partial charge is 0.328 e. The zero-order valence-corrected chi connectivity index (χ0v) is 14.0. The number of unbranched alkanes of at least 4 members (excludes halogenated alkanes) is 5. The highest BCUT2D eigenvalue weighted by molar-refractivity contribution is 7.52. The summed E-state index contributed by atoms with van der Waals surface area (Å²) in [6, 6.07) is 0. The van der Waals surface area contributed by atoms with Crippen LogP contribution in [-0.2, 0) is 9.09 Å². The smallest absolute Gasteiger partial charge is 0.324 e. The van der Waals surface area contributed by atoms with Gasteiger partial charge < -0.3 is 9.42 Å². The van der Waals surface area contributed by atoms with Gasteiger partial charge in [-0.05, 0) is 19.3 Å². The highest BCUT2D eigenvalue weighted by Gasteiger charge is 2.23. The van der Waals surface area contributed by atoms with Gasteiger partial charge in [-0.2, -0.15) is 0 Å². The van der Waals surface area contributed by atoms with E-state index in [9.17, 15) is 9.46 Å². The summed E-state index contributed by atoms with van der Waals surface area (Å²) in [6.45, 7) is 6.41. The van der Waals surface area contributed by atoms with Crippen molar-refractivity contribution in [3.63, 3.8) is 0 Å². The molecule has 0 aliphatic rings. The topological polar surface area (TPSA) is 46.5 Å². The maximum absolute atomic E-state index is 12.0. The Bertz CT molecular complexity index is 244. The van der Waals surface area contributed by atoms with E-state index in [1.54, 1.807) is 0 Å². The molecule has 0 radical (unpaired) electrons. The minimum absolute atomic E-state index is 0.0241. The van der Waals surface area contributed by atoms with Gasteiger partial charge in [-0.3, -0.25) is 4.57 Å². The second-order valence-electron chi connectivity index (χ2n) is 5.43. The van der Waals surface area contributed by atoms with Crippen LogP contribution >= 0.6 is 7.60 Å². The highest BCUT2D eigenvalue weighted by Crippen LogP contribution is 2.45. The number of hydrogen-bond acceptors (Lipinski definition) is 2. The Morgan fingerprint density at radius 2 is 1.42 bits per heavy atom. The standard InChI is InChI=1S/C15H33O3P/c1-4-7-10-13-15(12-9-6-3)18-19(16,17)14-11-8-5-2/h15H,4-14H2,1-3H3,(H,16,17). The molecule has 0 aliphatic carbocycles. The molecule has 0 aliphatic heterocycles. The van der Waals surface area contributed by atoms with Gasteiger partial charge >= 0.3 is 7.60 Å². The van der Waals surface area contributed by atoms with Crippen molar-refractivity contribution in [1.29, 1.82) is 0 Å². The van der Waals surface area contributed by atoms with Gasteiger partial charge in [0, 0.05) is 6.16 Å². The van der Waals surface area contributed by atoms with Gasteiger partial charge in [-0.1, -0.05) is 65.7 Å². The van der Waals surface area contributed by atoms with Gasteiger partial charge in [0.2, 0.25) is 0 Å². The van der Waals surface area contributed by atoms with Crippen LogP contribution in [0.1, 0.15) is 85.0 Å². The van der Waals surface area contributed by atoms with Crippen LogP contribution in [0.2, 0.25) is 0 Å². The molecule has 0 amide bonds. The van der Waals surface area contributed by atoms with Crippen LogP contribution in [0.3, 0.4) is 0 Å². The van der Waals surface area contributed by atoms with Gasteiger partial charge in [0.15, 0.2) is 0 Å². The summed E-state index contributed by atoms with van der Waals surface area (Å²) in [7, 11) is -3.37.